The van der Waals surface area contributed by atoms with Gasteiger partial charge in [0.25, 0.3) is 0 Å². The number of rotatable bonds is 6. The standard InChI is InChI=1S/C19H26N4O/c1-2-18(23-14-8-13-21-23)19(24)22(17-10-4-3-5-11-17)15-16-9-6-7-12-20-16/h6-9,12-14,17-18H,2-5,10-11,15H2,1H3/t18-/m1/s1. The van der Waals surface area contributed by atoms with E-state index in [9.17, 15) is 4.79 Å². The third-order valence-corrected chi connectivity index (χ3v) is 4.87. The zero-order valence-corrected chi connectivity index (χ0v) is 14.3. The Morgan fingerprint density at radius 2 is 2.08 bits per heavy atom. The lowest BCUT2D eigenvalue weighted by Crippen LogP contribution is -2.44. The van der Waals surface area contributed by atoms with Crippen molar-refractivity contribution in [1.82, 2.24) is 19.7 Å². The van der Waals surface area contributed by atoms with Gasteiger partial charge in [0.15, 0.2) is 0 Å². The molecule has 0 radical (unpaired) electrons. The maximum Gasteiger partial charge on any atom is 0.248 e. The fourth-order valence-corrected chi connectivity index (χ4v) is 3.58. The third-order valence-electron chi connectivity index (χ3n) is 4.87. The van der Waals surface area contributed by atoms with Crippen LogP contribution in [0.25, 0.3) is 0 Å². The van der Waals surface area contributed by atoms with Crippen molar-refractivity contribution in [2.75, 3.05) is 0 Å². The van der Waals surface area contributed by atoms with E-state index in [1.54, 1.807) is 17.1 Å². The SMILES string of the molecule is CC[C@H](C(=O)N(Cc1ccccn1)C1CCCCC1)n1cccn1. The molecular formula is C19H26N4O. The summed E-state index contributed by atoms with van der Waals surface area (Å²) in [6, 6.07) is 7.85. The normalized spacial score (nSPS) is 16.7. The number of nitrogens with zero attached hydrogens (tertiary/aromatic N) is 4. The molecule has 1 aliphatic rings. The topological polar surface area (TPSA) is 51.0 Å². The van der Waals surface area contributed by atoms with Gasteiger partial charge in [-0.3, -0.25) is 14.5 Å². The van der Waals surface area contributed by atoms with E-state index in [1.165, 1.54) is 19.3 Å². The highest BCUT2D eigenvalue weighted by molar-refractivity contribution is 5.80. The third kappa shape index (κ3) is 3.83. The molecule has 5 heteroatoms. The van der Waals surface area contributed by atoms with Crippen LogP contribution in [0, 0.1) is 0 Å². The summed E-state index contributed by atoms with van der Waals surface area (Å²) in [5.41, 5.74) is 0.951. The Kier molecular flexibility index (Phi) is 5.62. The van der Waals surface area contributed by atoms with Crippen LogP contribution in [0.4, 0.5) is 0 Å². The monoisotopic (exact) mass is 326 g/mol. The van der Waals surface area contributed by atoms with Crippen LogP contribution in [-0.4, -0.2) is 31.6 Å². The van der Waals surface area contributed by atoms with Crippen LogP contribution in [-0.2, 0) is 11.3 Å². The Morgan fingerprint density at radius 3 is 2.71 bits per heavy atom. The number of hydrogen-bond acceptors (Lipinski definition) is 3. The van der Waals surface area contributed by atoms with E-state index in [2.05, 4.69) is 15.0 Å². The van der Waals surface area contributed by atoms with Gasteiger partial charge in [-0.15, -0.1) is 0 Å². The van der Waals surface area contributed by atoms with Gasteiger partial charge in [-0.1, -0.05) is 32.3 Å². The van der Waals surface area contributed by atoms with E-state index < -0.39 is 0 Å². The molecule has 128 valence electrons. The molecule has 5 nitrogen and oxygen atoms in total. The summed E-state index contributed by atoms with van der Waals surface area (Å²) < 4.78 is 1.79. The molecule has 24 heavy (non-hydrogen) atoms. The van der Waals surface area contributed by atoms with Crippen molar-refractivity contribution in [2.45, 2.75) is 64.1 Å². The van der Waals surface area contributed by atoms with Crippen LogP contribution in [0.15, 0.2) is 42.9 Å². The zero-order chi connectivity index (χ0) is 16.8. The van der Waals surface area contributed by atoms with Crippen LogP contribution >= 0.6 is 0 Å². The number of pyridine rings is 1. The van der Waals surface area contributed by atoms with Crippen LogP contribution in [0.5, 0.6) is 0 Å². The lowest BCUT2D eigenvalue weighted by Gasteiger charge is -2.36. The Bertz CT molecular complexity index is 620. The van der Waals surface area contributed by atoms with Gasteiger partial charge in [0.05, 0.1) is 12.2 Å². The van der Waals surface area contributed by atoms with Crippen molar-refractivity contribution in [3.8, 4) is 0 Å². The van der Waals surface area contributed by atoms with Crippen molar-refractivity contribution in [3.05, 3.63) is 48.5 Å². The van der Waals surface area contributed by atoms with E-state index in [0.717, 1.165) is 25.0 Å². The predicted molar refractivity (Wildman–Crippen MR) is 93.2 cm³/mol. The van der Waals surface area contributed by atoms with Crippen LogP contribution in [0.3, 0.4) is 0 Å². The molecule has 2 heterocycles. The molecule has 1 aliphatic carbocycles. The summed E-state index contributed by atoms with van der Waals surface area (Å²) in [4.78, 5) is 19.8. The van der Waals surface area contributed by atoms with Gasteiger partial charge < -0.3 is 4.90 Å². The first-order valence-corrected chi connectivity index (χ1v) is 8.99. The predicted octanol–water partition coefficient (Wildman–Crippen LogP) is 3.59. The quantitative estimate of drug-likeness (QED) is 0.815. The summed E-state index contributed by atoms with van der Waals surface area (Å²) in [7, 11) is 0. The fraction of sp³-hybridized carbons (Fsp3) is 0.526. The van der Waals surface area contributed by atoms with Gasteiger partial charge in [0, 0.05) is 24.6 Å². The Balaban J connectivity index is 1.83. The molecule has 1 atom stereocenters. The highest BCUT2D eigenvalue weighted by atomic mass is 16.2. The molecule has 1 saturated carbocycles. The molecule has 0 aliphatic heterocycles. The molecule has 0 aromatic carbocycles. The summed E-state index contributed by atoms with van der Waals surface area (Å²) in [5.74, 6) is 0.166. The van der Waals surface area contributed by atoms with Gasteiger partial charge in [-0.2, -0.15) is 5.10 Å². The maximum absolute atomic E-state index is 13.3. The Hall–Kier alpha value is -2.17. The average Bonchev–Trinajstić information content (AvgIpc) is 3.16. The van der Waals surface area contributed by atoms with Crippen LogP contribution in [0.2, 0.25) is 0 Å². The molecule has 2 aromatic heterocycles. The van der Waals surface area contributed by atoms with Gasteiger partial charge in [-0.05, 0) is 37.5 Å². The number of hydrogen-bond donors (Lipinski definition) is 0. The highest BCUT2D eigenvalue weighted by Gasteiger charge is 2.31. The molecule has 0 spiro atoms. The van der Waals surface area contributed by atoms with E-state index in [4.69, 9.17) is 0 Å². The van der Waals surface area contributed by atoms with Gasteiger partial charge in [-0.25, -0.2) is 0 Å². The Morgan fingerprint density at radius 1 is 1.25 bits per heavy atom. The molecule has 0 N–H and O–H groups in total. The van der Waals surface area contributed by atoms with Crippen LogP contribution < -0.4 is 0 Å². The lowest BCUT2D eigenvalue weighted by atomic mass is 9.93. The minimum Gasteiger partial charge on any atom is -0.332 e. The minimum absolute atomic E-state index is 0.166. The second-order valence-corrected chi connectivity index (χ2v) is 6.49. The second-order valence-electron chi connectivity index (χ2n) is 6.49. The van der Waals surface area contributed by atoms with Crippen molar-refractivity contribution in [2.24, 2.45) is 0 Å². The van der Waals surface area contributed by atoms with E-state index in [-0.39, 0.29) is 11.9 Å². The Labute approximate surface area is 143 Å². The van der Waals surface area contributed by atoms with Gasteiger partial charge >= 0.3 is 0 Å². The van der Waals surface area contributed by atoms with Crippen molar-refractivity contribution < 1.29 is 4.79 Å². The molecule has 3 rings (SSSR count). The number of aromatic nitrogens is 3. The van der Waals surface area contributed by atoms with Crippen LogP contribution in [0.1, 0.15) is 57.2 Å². The fourth-order valence-electron chi connectivity index (χ4n) is 3.58. The zero-order valence-electron chi connectivity index (χ0n) is 14.3. The molecule has 2 aromatic rings. The van der Waals surface area contributed by atoms with Crippen molar-refractivity contribution >= 4 is 5.91 Å². The number of carbonyl (C=O) groups is 1. The van der Waals surface area contributed by atoms with Crippen molar-refractivity contribution in [1.29, 1.82) is 0 Å². The molecule has 0 unspecified atom stereocenters. The second kappa shape index (κ2) is 8.08. The van der Waals surface area contributed by atoms with Crippen molar-refractivity contribution in [3.63, 3.8) is 0 Å². The molecular weight excluding hydrogens is 300 g/mol. The van der Waals surface area contributed by atoms with E-state index >= 15 is 0 Å². The smallest absolute Gasteiger partial charge is 0.248 e. The summed E-state index contributed by atoms with van der Waals surface area (Å²) in [6.07, 6.45) is 12.0. The van der Waals surface area contributed by atoms with Gasteiger partial charge in [0.1, 0.15) is 6.04 Å². The molecule has 1 fully saturated rings. The number of amides is 1. The average molecular weight is 326 g/mol. The molecule has 0 bridgehead atoms. The van der Waals surface area contributed by atoms with E-state index in [1.807, 2.05) is 37.4 Å². The summed E-state index contributed by atoms with van der Waals surface area (Å²) in [5, 5.41) is 4.30. The molecule has 1 amide bonds. The van der Waals surface area contributed by atoms with Gasteiger partial charge in [0.2, 0.25) is 5.91 Å². The summed E-state index contributed by atoms with van der Waals surface area (Å²) >= 11 is 0. The lowest BCUT2D eigenvalue weighted by molar-refractivity contribution is -0.139. The maximum atomic E-state index is 13.3. The number of carbonyl (C=O) groups excluding carboxylic acids is 1. The first kappa shape index (κ1) is 16.7. The van der Waals surface area contributed by atoms with E-state index in [0.29, 0.717) is 12.6 Å². The molecule has 0 saturated heterocycles. The summed E-state index contributed by atoms with van der Waals surface area (Å²) in [6.45, 7) is 2.63. The largest absolute Gasteiger partial charge is 0.332 e. The first-order chi connectivity index (χ1) is 11.8. The minimum atomic E-state index is -0.231. The first-order valence-electron chi connectivity index (χ1n) is 8.99. The highest BCUT2D eigenvalue weighted by Crippen LogP contribution is 2.27.